The summed E-state index contributed by atoms with van der Waals surface area (Å²) in [4.78, 5) is 38.9. The predicted molar refractivity (Wildman–Crippen MR) is 143 cm³/mol. The van der Waals surface area contributed by atoms with Crippen LogP contribution < -0.4 is 20.3 Å². The molecule has 2 aromatic heterocycles. The molecular formula is C26H22ClN3O6S. The zero-order chi connectivity index (χ0) is 26.5. The van der Waals surface area contributed by atoms with Gasteiger partial charge < -0.3 is 19.5 Å². The van der Waals surface area contributed by atoms with Gasteiger partial charge in [0, 0.05) is 21.9 Å². The van der Waals surface area contributed by atoms with Gasteiger partial charge >= 0.3 is 5.97 Å². The average Bonchev–Trinajstić information content (AvgIpc) is 3.32. The van der Waals surface area contributed by atoms with Crippen molar-refractivity contribution in [2.45, 2.75) is 6.92 Å². The summed E-state index contributed by atoms with van der Waals surface area (Å²) in [6.07, 6.45) is 2.93. The Morgan fingerprint density at radius 1 is 1.11 bits per heavy atom. The molecular weight excluding hydrogens is 518 g/mol. The van der Waals surface area contributed by atoms with Crippen molar-refractivity contribution in [1.82, 2.24) is 9.78 Å². The van der Waals surface area contributed by atoms with E-state index in [2.05, 4.69) is 10.4 Å². The van der Waals surface area contributed by atoms with Crippen LogP contribution in [0, 0.1) is 0 Å². The maximum atomic E-state index is 13.4. The van der Waals surface area contributed by atoms with E-state index in [1.54, 1.807) is 60.8 Å². The Morgan fingerprint density at radius 2 is 1.84 bits per heavy atom. The van der Waals surface area contributed by atoms with E-state index in [-0.39, 0.29) is 28.1 Å². The Hall–Kier alpha value is -4.15. The summed E-state index contributed by atoms with van der Waals surface area (Å²) in [6, 6.07) is 11.6. The molecule has 190 valence electrons. The molecule has 1 N–H and O–H groups in total. The third-order valence-electron chi connectivity index (χ3n) is 5.26. The molecule has 0 radical (unpaired) electrons. The molecule has 1 amide bonds. The highest BCUT2D eigenvalue weighted by molar-refractivity contribution is 7.16. The normalized spacial score (nSPS) is 11.0. The van der Waals surface area contributed by atoms with Crippen molar-refractivity contribution in [3.05, 3.63) is 80.6 Å². The molecule has 0 fully saturated rings. The summed E-state index contributed by atoms with van der Waals surface area (Å²) >= 11 is 7.09. The second-order valence-corrected chi connectivity index (χ2v) is 8.87. The van der Waals surface area contributed by atoms with E-state index < -0.39 is 17.4 Å². The minimum Gasteiger partial charge on any atom is -0.493 e. The Labute approximate surface area is 220 Å². The van der Waals surface area contributed by atoms with Crippen LogP contribution in [0.3, 0.4) is 0 Å². The number of nitrogens with zero attached hydrogens (tertiary/aromatic N) is 2. The van der Waals surface area contributed by atoms with Crippen molar-refractivity contribution in [2.75, 3.05) is 26.1 Å². The summed E-state index contributed by atoms with van der Waals surface area (Å²) in [7, 11) is 3.06. The lowest BCUT2D eigenvalue weighted by atomic mass is 10.2. The molecule has 0 bridgehead atoms. The van der Waals surface area contributed by atoms with Crippen molar-refractivity contribution in [2.24, 2.45) is 0 Å². The number of fused-ring (bicyclic) bond motifs is 1. The summed E-state index contributed by atoms with van der Waals surface area (Å²) in [6.45, 7) is 1.81. The largest absolute Gasteiger partial charge is 0.493 e. The molecule has 0 aliphatic heterocycles. The van der Waals surface area contributed by atoms with Gasteiger partial charge in [-0.3, -0.25) is 9.59 Å². The molecule has 37 heavy (non-hydrogen) atoms. The van der Waals surface area contributed by atoms with E-state index in [1.165, 1.54) is 20.3 Å². The number of aromatic nitrogens is 2. The first-order chi connectivity index (χ1) is 17.9. The van der Waals surface area contributed by atoms with Gasteiger partial charge in [0.15, 0.2) is 17.2 Å². The molecule has 4 aromatic rings. The number of rotatable bonds is 8. The smallest absolute Gasteiger partial charge is 0.359 e. The molecule has 0 atom stereocenters. The zero-order valence-electron chi connectivity index (χ0n) is 20.1. The van der Waals surface area contributed by atoms with Crippen LogP contribution in [-0.2, 0) is 9.53 Å². The summed E-state index contributed by atoms with van der Waals surface area (Å²) < 4.78 is 16.7. The number of ether oxygens (including phenoxy) is 3. The summed E-state index contributed by atoms with van der Waals surface area (Å²) in [5.74, 6) is -0.0575. The second-order valence-electron chi connectivity index (χ2n) is 7.55. The van der Waals surface area contributed by atoms with Crippen LogP contribution in [0.1, 0.15) is 23.0 Å². The van der Waals surface area contributed by atoms with E-state index in [0.717, 1.165) is 16.0 Å². The van der Waals surface area contributed by atoms with Gasteiger partial charge in [0.1, 0.15) is 5.00 Å². The van der Waals surface area contributed by atoms with Crippen LogP contribution in [0.5, 0.6) is 11.5 Å². The van der Waals surface area contributed by atoms with Crippen molar-refractivity contribution in [3.63, 3.8) is 0 Å². The number of methoxy groups -OCH3 is 2. The number of carbonyl (C=O) groups is 2. The number of amides is 1. The molecule has 0 aliphatic rings. The van der Waals surface area contributed by atoms with E-state index in [9.17, 15) is 14.4 Å². The Kier molecular flexibility index (Phi) is 7.90. The fourth-order valence-corrected chi connectivity index (χ4v) is 4.60. The van der Waals surface area contributed by atoms with E-state index in [4.69, 9.17) is 25.8 Å². The SMILES string of the molecule is CCOC(=O)c1nn(-c2ccc(Cl)cc2)c(=O)c2c(NC(=O)C=Cc3ccc(OC)c(OC)c3)scc12. The number of halogens is 1. The lowest BCUT2D eigenvalue weighted by Gasteiger charge is -2.10. The fraction of sp³-hybridized carbons (Fsp3) is 0.154. The highest BCUT2D eigenvalue weighted by atomic mass is 35.5. The van der Waals surface area contributed by atoms with Gasteiger partial charge in [0.2, 0.25) is 5.91 Å². The molecule has 9 nitrogen and oxygen atoms in total. The van der Waals surface area contributed by atoms with Crippen LogP contribution in [0.4, 0.5) is 5.00 Å². The summed E-state index contributed by atoms with van der Waals surface area (Å²) in [5.41, 5.74) is 0.566. The van der Waals surface area contributed by atoms with Crippen molar-refractivity contribution >= 4 is 56.7 Å². The van der Waals surface area contributed by atoms with Gasteiger partial charge in [0.25, 0.3) is 5.56 Å². The van der Waals surface area contributed by atoms with Crippen molar-refractivity contribution < 1.29 is 23.8 Å². The van der Waals surface area contributed by atoms with Crippen molar-refractivity contribution in [3.8, 4) is 17.2 Å². The first-order valence-electron chi connectivity index (χ1n) is 11.0. The highest BCUT2D eigenvalue weighted by Crippen LogP contribution is 2.31. The van der Waals surface area contributed by atoms with Crippen molar-refractivity contribution in [1.29, 1.82) is 0 Å². The molecule has 0 spiro atoms. The minimum absolute atomic E-state index is 0.0379. The van der Waals surface area contributed by atoms with Crippen LogP contribution in [-0.4, -0.2) is 42.5 Å². The Morgan fingerprint density at radius 3 is 2.51 bits per heavy atom. The van der Waals surface area contributed by atoms with Gasteiger partial charge in [-0.2, -0.15) is 9.78 Å². The third kappa shape index (κ3) is 5.50. The molecule has 0 saturated carbocycles. The number of nitrogens with one attached hydrogen (secondary N) is 1. The number of carbonyl (C=O) groups excluding carboxylic acids is 2. The first-order valence-corrected chi connectivity index (χ1v) is 12.3. The van der Waals surface area contributed by atoms with Crippen LogP contribution in [0.15, 0.2) is 58.7 Å². The Bertz CT molecular complexity index is 1560. The van der Waals surface area contributed by atoms with E-state index >= 15 is 0 Å². The van der Waals surface area contributed by atoms with Crippen LogP contribution in [0.25, 0.3) is 22.5 Å². The quantitative estimate of drug-likeness (QED) is 0.249. The number of thiophene rings is 1. The fourth-order valence-electron chi connectivity index (χ4n) is 3.53. The van der Waals surface area contributed by atoms with Gasteiger partial charge in [0.05, 0.1) is 31.9 Å². The molecule has 2 aromatic carbocycles. The molecule has 4 rings (SSSR count). The lowest BCUT2D eigenvalue weighted by Crippen LogP contribution is -2.25. The van der Waals surface area contributed by atoms with Gasteiger partial charge in [-0.25, -0.2) is 4.79 Å². The number of benzene rings is 2. The molecule has 0 unspecified atom stereocenters. The topological polar surface area (TPSA) is 109 Å². The first kappa shape index (κ1) is 25.9. The second kappa shape index (κ2) is 11.3. The average molecular weight is 540 g/mol. The minimum atomic E-state index is -0.681. The number of hydrogen-bond acceptors (Lipinski definition) is 8. The monoisotopic (exact) mass is 539 g/mol. The van der Waals surface area contributed by atoms with Gasteiger partial charge in [-0.15, -0.1) is 11.3 Å². The number of anilines is 1. The predicted octanol–water partition coefficient (Wildman–Crippen LogP) is 4.95. The standard InChI is InChI=1S/C26H22ClN3O6S/c1-4-36-26(33)23-18-14-37-24(22(18)25(32)30(29-23)17-9-7-16(27)8-10-17)28-21(31)12-6-15-5-11-19(34-2)20(13-15)35-3/h5-14H,4H2,1-3H3,(H,28,31). The third-order valence-corrected chi connectivity index (χ3v) is 6.41. The number of hydrogen-bond donors (Lipinski definition) is 1. The van der Waals surface area contributed by atoms with Gasteiger partial charge in [-0.05, 0) is 55.0 Å². The van der Waals surface area contributed by atoms with Gasteiger partial charge in [-0.1, -0.05) is 17.7 Å². The molecule has 0 aliphatic carbocycles. The van der Waals surface area contributed by atoms with E-state index in [1.807, 2.05) is 0 Å². The lowest BCUT2D eigenvalue weighted by molar-refractivity contribution is -0.111. The molecule has 2 heterocycles. The molecule has 0 saturated heterocycles. The van der Waals surface area contributed by atoms with Crippen LogP contribution in [0.2, 0.25) is 5.02 Å². The maximum Gasteiger partial charge on any atom is 0.359 e. The highest BCUT2D eigenvalue weighted by Gasteiger charge is 2.23. The number of esters is 1. The molecule has 11 heteroatoms. The Balaban J connectivity index is 1.72. The summed E-state index contributed by atoms with van der Waals surface area (Å²) in [5, 5.41) is 9.78. The van der Waals surface area contributed by atoms with Crippen LogP contribution >= 0.6 is 22.9 Å². The maximum absolute atomic E-state index is 13.4. The van der Waals surface area contributed by atoms with E-state index in [0.29, 0.717) is 27.8 Å². The zero-order valence-corrected chi connectivity index (χ0v) is 21.7.